The Morgan fingerprint density at radius 1 is 1.16 bits per heavy atom. The molecule has 0 atom stereocenters. The second-order valence-corrected chi connectivity index (χ2v) is 6.64. The molecule has 3 rings (SSSR count). The van der Waals surface area contributed by atoms with Crippen LogP contribution in [-0.2, 0) is 11.3 Å². The summed E-state index contributed by atoms with van der Waals surface area (Å²) in [5.74, 6) is -0.479. The van der Waals surface area contributed by atoms with E-state index in [0.29, 0.717) is 5.02 Å². The van der Waals surface area contributed by atoms with Gasteiger partial charge in [0.15, 0.2) is 0 Å². The number of imide groups is 1. The summed E-state index contributed by atoms with van der Waals surface area (Å²) in [4.78, 5) is 36.5. The molecule has 0 radical (unpaired) electrons. The van der Waals surface area contributed by atoms with Gasteiger partial charge in [0.05, 0.1) is 21.9 Å². The highest BCUT2D eigenvalue weighted by Crippen LogP contribution is 2.34. The lowest BCUT2D eigenvalue weighted by Crippen LogP contribution is -2.27. The van der Waals surface area contributed by atoms with Crippen LogP contribution in [0.15, 0.2) is 53.4 Å². The normalized spacial score (nSPS) is 15.9. The lowest BCUT2D eigenvalue weighted by Gasteiger charge is -2.12. The molecule has 0 bridgehead atoms. The zero-order valence-electron chi connectivity index (χ0n) is 12.7. The summed E-state index contributed by atoms with van der Waals surface area (Å²) in [6.45, 7) is 0.0967. The predicted octanol–water partition coefficient (Wildman–Crippen LogP) is 4.48. The van der Waals surface area contributed by atoms with Crippen LogP contribution < -0.4 is 0 Å². The Bertz CT molecular complexity index is 913. The summed E-state index contributed by atoms with van der Waals surface area (Å²) in [5.41, 5.74) is 0.881. The van der Waals surface area contributed by atoms with Gasteiger partial charge in [-0.05, 0) is 41.6 Å². The van der Waals surface area contributed by atoms with E-state index >= 15 is 0 Å². The molecule has 2 aromatic rings. The van der Waals surface area contributed by atoms with E-state index < -0.39 is 16.1 Å². The molecule has 8 heteroatoms. The van der Waals surface area contributed by atoms with Crippen molar-refractivity contribution in [3.8, 4) is 0 Å². The highest BCUT2D eigenvalue weighted by molar-refractivity contribution is 8.18. The highest BCUT2D eigenvalue weighted by atomic mass is 35.5. The first-order valence-electron chi connectivity index (χ1n) is 7.19. The van der Waals surface area contributed by atoms with Crippen molar-refractivity contribution in [3.05, 3.63) is 79.7 Å². The topological polar surface area (TPSA) is 80.5 Å². The molecule has 1 heterocycles. The van der Waals surface area contributed by atoms with Crippen molar-refractivity contribution in [3.63, 3.8) is 0 Å². The lowest BCUT2D eigenvalue weighted by atomic mass is 10.1. The summed E-state index contributed by atoms with van der Waals surface area (Å²) in [7, 11) is 0. The van der Waals surface area contributed by atoms with Crippen LogP contribution in [0.4, 0.5) is 10.5 Å². The number of nitro groups is 1. The Kier molecular flexibility index (Phi) is 4.87. The number of para-hydroxylation sites is 1. The fourth-order valence-corrected chi connectivity index (χ4v) is 3.41. The van der Waals surface area contributed by atoms with Gasteiger partial charge in [0.25, 0.3) is 16.8 Å². The van der Waals surface area contributed by atoms with Crippen LogP contribution in [0.2, 0.25) is 5.02 Å². The predicted molar refractivity (Wildman–Crippen MR) is 96.1 cm³/mol. The molecule has 6 nitrogen and oxygen atoms in total. The summed E-state index contributed by atoms with van der Waals surface area (Å²) >= 11 is 6.68. The maximum atomic E-state index is 12.5. The first-order valence-corrected chi connectivity index (χ1v) is 8.38. The van der Waals surface area contributed by atoms with Gasteiger partial charge in [-0.15, -0.1) is 0 Å². The zero-order chi connectivity index (χ0) is 18.0. The second-order valence-electron chi connectivity index (χ2n) is 5.21. The van der Waals surface area contributed by atoms with Gasteiger partial charge in [0.1, 0.15) is 0 Å². The highest BCUT2D eigenvalue weighted by Gasteiger charge is 2.35. The summed E-state index contributed by atoms with van der Waals surface area (Å²) in [5, 5.41) is 11.2. The van der Waals surface area contributed by atoms with Crippen molar-refractivity contribution in [1.82, 2.24) is 4.90 Å². The second kappa shape index (κ2) is 7.08. The quantitative estimate of drug-likeness (QED) is 0.447. The summed E-state index contributed by atoms with van der Waals surface area (Å²) in [6.07, 6.45) is 1.38. The number of nitro benzene ring substituents is 1. The Morgan fingerprint density at radius 3 is 2.64 bits per heavy atom. The Balaban J connectivity index is 1.88. The van der Waals surface area contributed by atoms with E-state index in [1.165, 1.54) is 18.2 Å². The SMILES string of the molecule is O=C1S/C(=C\c2ccccc2[N+](=O)[O-])C(=O)N1Cc1cccc(Cl)c1. The molecule has 1 aliphatic rings. The Labute approximate surface area is 152 Å². The van der Waals surface area contributed by atoms with Crippen molar-refractivity contribution in [2.45, 2.75) is 6.54 Å². The van der Waals surface area contributed by atoms with Gasteiger partial charge in [0.2, 0.25) is 0 Å². The first kappa shape index (κ1) is 17.2. The number of hydrogen-bond acceptors (Lipinski definition) is 5. The summed E-state index contributed by atoms with van der Waals surface area (Å²) < 4.78 is 0. The molecule has 25 heavy (non-hydrogen) atoms. The van der Waals surface area contributed by atoms with Crippen LogP contribution in [0.3, 0.4) is 0 Å². The monoisotopic (exact) mass is 374 g/mol. The van der Waals surface area contributed by atoms with E-state index in [1.54, 1.807) is 36.4 Å². The van der Waals surface area contributed by atoms with Crippen molar-refractivity contribution in [2.75, 3.05) is 0 Å². The van der Waals surface area contributed by atoms with Crippen LogP contribution in [0, 0.1) is 10.1 Å². The van der Waals surface area contributed by atoms with E-state index in [-0.39, 0.29) is 22.7 Å². The molecule has 2 amide bonds. The van der Waals surface area contributed by atoms with Gasteiger partial charge >= 0.3 is 0 Å². The van der Waals surface area contributed by atoms with E-state index in [4.69, 9.17) is 11.6 Å². The number of rotatable bonds is 4. The molecular formula is C17H11ClN2O4S. The molecular weight excluding hydrogens is 364 g/mol. The molecule has 2 aromatic carbocycles. The van der Waals surface area contributed by atoms with Gasteiger partial charge in [0, 0.05) is 11.1 Å². The van der Waals surface area contributed by atoms with Crippen molar-refractivity contribution in [1.29, 1.82) is 0 Å². The third kappa shape index (κ3) is 3.72. The van der Waals surface area contributed by atoms with Gasteiger partial charge in [-0.3, -0.25) is 24.6 Å². The van der Waals surface area contributed by atoms with Crippen molar-refractivity contribution < 1.29 is 14.5 Å². The van der Waals surface area contributed by atoms with Crippen LogP contribution in [0.5, 0.6) is 0 Å². The average Bonchev–Trinajstić information content (AvgIpc) is 2.83. The molecule has 0 unspecified atom stereocenters. The fraction of sp³-hybridized carbons (Fsp3) is 0.0588. The number of thioether (sulfide) groups is 1. The van der Waals surface area contributed by atoms with Crippen LogP contribution in [-0.4, -0.2) is 21.0 Å². The van der Waals surface area contributed by atoms with Gasteiger partial charge < -0.3 is 0 Å². The smallest absolute Gasteiger partial charge is 0.268 e. The van der Waals surface area contributed by atoms with Crippen LogP contribution in [0.1, 0.15) is 11.1 Å². The van der Waals surface area contributed by atoms with Crippen LogP contribution >= 0.6 is 23.4 Å². The van der Waals surface area contributed by atoms with Crippen LogP contribution in [0.25, 0.3) is 6.08 Å². The van der Waals surface area contributed by atoms with Gasteiger partial charge in [-0.2, -0.15) is 0 Å². The largest absolute Gasteiger partial charge is 0.293 e. The third-order valence-corrected chi connectivity index (χ3v) is 4.67. The molecule has 0 aromatic heterocycles. The molecule has 0 spiro atoms. The Hall–Kier alpha value is -2.64. The number of halogens is 1. The molecule has 1 saturated heterocycles. The third-order valence-electron chi connectivity index (χ3n) is 3.52. The molecule has 0 saturated carbocycles. The standard InChI is InChI=1S/C17H11ClN2O4S/c18-13-6-3-4-11(8-13)10-19-16(21)15(25-17(19)22)9-12-5-1-2-7-14(12)20(23)24/h1-9H,10H2/b15-9-. The van der Waals surface area contributed by atoms with E-state index in [0.717, 1.165) is 22.2 Å². The number of nitrogens with zero attached hydrogens (tertiary/aromatic N) is 2. The average molecular weight is 375 g/mol. The molecule has 0 N–H and O–H groups in total. The minimum Gasteiger partial charge on any atom is -0.268 e. The number of carbonyl (C=O) groups excluding carboxylic acids is 2. The number of benzene rings is 2. The maximum absolute atomic E-state index is 12.5. The van der Waals surface area contributed by atoms with E-state index in [1.807, 2.05) is 0 Å². The number of amides is 2. The number of hydrogen-bond donors (Lipinski definition) is 0. The first-order chi connectivity index (χ1) is 12.0. The van der Waals surface area contributed by atoms with E-state index in [2.05, 4.69) is 0 Å². The van der Waals surface area contributed by atoms with E-state index in [9.17, 15) is 19.7 Å². The molecule has 0 aliphatic carbocycles. The zero-order valence-corrected chi connectivity index (χ0v) is 14.3. The van der Waals surface area contributed by atoms with Crippen molar-refractivity contribution >= 4 is 46.3 Å². The van der Waals surface area contributed by atoms with Crippen molar-refractivity contribution in [2.24, 2.45) is 0 Å². The van der Waals surface area contributed by atoms with Gasteiger partial charge in [-0.25, -0.2) is 0 Å². The van der Waals surface area contributed by atoms with Gasteiger partial charge in [-0.1, -0.05) is 35.9 Å². The Morgan fingerprint density at radius 2 is 1.92 bits per heavy atom. The molecule has 1 fully saturated rings. The molecule has 1 aliphatic heterocycles. The minimum atomic E-state index is -0.526. The summed E-state index contributed by atoms with van der Waals surface area (Å²) in [6, 6.07) is 12.9. The number of carbonyl (C=O) groups is 2. The maximum Gasteiger partial charge on any atom is 0.293 e. The molecule has 126 valence electrons. The lowest BCUT2D eigenvalue weighted by molar-refractivity contribution is -0.385. The minimum absolute atomic E-state index is 0.0967. The fourth-order valence-electron chi connectivity index (χ4n) is 2.37.